The Kier molecular flexibility index (Phi) is 44.5. The Labute approximate surface area is 358 Å². The van der Waals surface area contributed by atoms with Gasteiger partial charge in [0, 0.05) is 19.3 Å². The number of ether oxygens (including phenoxy) is 3. The minimum atomic E-state index is -0.792. The number of allylic oxidation sites excluding steroid dienone is 10. The van der Waals surface area contributed by atoms with Gasteiger partial charge in [0.05, 0.1) is 0 Å². The van der Waals surface area contributed by atoms with Crippen molar-refractivity contribution >= 4 is 17.9 Å². The monoisotopic (exact) mass is 811 g/mol. The lowest BCUT2D eigenvalue weighted by Gasteiger charge is -2.18. The van der Waals surface area contributed by atoms with E-state index in [-0.39, 0.29) is 31.1 Å². The molecule has 1 atom stereocenters. The van der Waals surface area contributed by atoms with Crippen molar-refractivity contribution in [3.8, 4) is 0 Å². The lowest BCUT2D eigenvalue weighted by molar-refractivity contribution is -0.167. The summed E-state index contributed by atoms with van der Waals surface area (Å²) in [5.74, 6) is -0.938. The number of unbranched alkanes of at least 4 members (excludes halogenated alkanes) is 25. The maximum atomic E-state index is 12.7. The van der Waals surface area contributed by atoms with E-state index < -0.39 is 6.10 Å². The summed E-state index contributed by atoms with van der Waals surface area (Å²) < 4.78 is 16.7. The number of hydrogen-bond donors (Lipinski definition) is 0. The van der Waals surface area contributed by atoms with E-state index in [9.17, 15) is 14.4 Å². The van der Waals surface area contributed by atoms with Gasteiger partial charge in [-0.15, -0.1) is 0 Å². The van der Waals surface area contributed by atoms with E-state index in [2.05, 4.69) is 81.5 Å². The first-order chi connectivity index (χ1) is 28.5. The van der Waals surface area contributed by atoms with Crippen LogP contribution >= 0.6 is 0 Å². The molecular formula is C52H90O6. The molecule has 0 aliphatic rings. The molecule has 0 heterocycles. The summed E-state index contributed by atoms with van der Waals surface area (Å²) in [7, 11) is 0. The van der Waals surface area contributed by atoms with E-state index in [4.69, 9.17) is 14.2 Å². The van der Waals surface area contributed by atoms with Gasteiger partial charge in [-0.3, -0.25) is 14.4 Å². The van der Waals surface area contributed by atoms with E-state index in [1.807, 2.05) is 0 Å². The first kappa shape index (κ1) is 55.1. The summed E-state index contributed by atoms with van der Waals surface area (Å²) in [5.41, 5.74) is 0. The molecule has 0 spiro atoms. The van der Waals surface area contributed by atoms with Crippen LogP contribution in [0.3, 0.4) is 0 Å². The molecule has 0 N–H and O–H groups in total. The van der Waals surface area contributed by atoms with Crippen LogP contribution in [0, 0.1) is 0 Å². The maximum absolute atomic E-state index is 12.7. The van der Waals surface area contributed by atoms with Gasteiger partial charge in [0.25, 0.3) is 0 Å². The van der Waals surface area contributed by atoms with Crippen LogP contribution in [-0.2, 0) is 28.6 Å². The van der Waals surface area contributed by atoms with Crippen molar-refractivity contribution < 1.29 is 28.6 Å². The molecule has 0 bridgehead atoms. The van der Waals surface area contributed by atoms with Crippen LogP contribution in [0.15, 0.2) is 60.8 Å². The summed E-state index contributed by atoms with van der Waals surface area (Å²) >= 11 is 0. The second kappa shape index (κ2) is 46.8. The van der Waals surface area contributed by atoms with E-state index in [1.165, 1.54) is 96.3 Å². The fourth-order valence-electron chi connectivity index (χ4n) is 6.65. The molecule has 0 aromatic rings. The minimum Gasteiger partial charge on any atom is -0.462 e. The molecule has 0 amide bonds. The molecule has 0 saturated carbocycles. The largest absolute Gasteiger partial charge is 0.462 e. The quantitative estimate of drug-likeness (QED) is 0.0264. The highest BCUT2D eigenvalue weighted by Gasteiger charge is 2.19. The Hall–Kier alpha value is -2.89. The molecule has 0 aliphatic heterocycles. The van der Waals surface area contributed by atoms with Crippen molar-refractivity contribution in [1.29, 1.82) is 0 Å². The van der Waals surface area contributed by atoms with Crippen LogP contribution in [0.2, 0.25) is 0 Å². The summed E-state index contributed by atoms with van der Waals surface area (Å²) in [6, 6.07) is 0. The number of carbonyl (C=O) groups is 3. The van der Waals surface area contributed by atoms with Crippen LogP contribution in [0.1, 0.15) is 233 Å². The third-order valence-electron chi connectivity index (χ3n) is 10.3. The average Bonchev–Trinajstić information content (AvgIpc) is 3.22. The summed E-state index contributed by atoms with van der Waals surface area (Å²) in [5, 5.41) is 0. The third-order valence-corrected chi connectivity index (χ3v) is 10.3. The molecule has 6 heteroatoms. The van der Waals surface area contributed by atoms with Crippen molar-refractivity contribution in [1.82, 2.24) is 0 Å². The second-order valence-electron chi connectivity index (χ2n) is 16.1. The Morgan fingerprint density at radius 1 is 0.362 bits per heavy atom. The number of hydrogen-bond acceptors (Lipinski definition) is 6. The zero-order chi connectivity index (χ0) is 42.3. The fraction of sp³-hybridized carbons (Fsp3) is 0.750. The average molecular weight is 811 g/mol. The normalized spacial score (nSPS) is 12.5. The van der Waals surface area contributed by atoms with Crippen LogP contribution in [0.25, 0.3) is 0 Å². The van der Waals surface area contributed by atoms with Crippen molar-refractivity contribution in [2.75, 3.05) is 13.2 Å². The molecular weight excluding hydrogens is 721 g/mol. The van der Waals surface area contributed by atoms with Gasteiger partial charge in [0.15, 0.2) is 6.10 Å². The van der Waals surface area contributed by atoms with Crippen LogP contribution in [0.5, 0.6) is 0 Å². The van der Waals surface area contributed by atoms with Gasteiger partial charge < -0.3 is 14.2 Å². The molecule has 0 radical (unpaired) electrons. The van der Waals surface area contributed by atoms with E-state index in [0.29, 0.717) is 19.3 Å². The summed E-state index contributed by atoms with van der Waals surface area (Å²) in [6.07, 6.45) is 56.3. The van der Waals surface area contributed by atoms with Crippen molar-refractivity contribution in [3.63, 3.8) is 0 Å². The molecule has 58 heavy (non-hydrogen) atoms. The fourth-order valence-corrected chi connectivity index (χ4v) is 6.65. The van der Waals surface area contributed by atoms with E-state index in [1.54, 1.807) is 0 Å². The summed E-state index contributed by atoms with van der Waals surface area (Å²) in [4.78, 5) is 37.8. The van der Waals surface area contributed by atoms with Gasteiger partial charge in [-0.1, -0.05) is 216 Å². The molecule has 0 aromatic carbocycles. The van der Waals surface area contributed by atoms with Crippen molar-refractivity contribution in [3.05, 3.63) is 60.8 Å². The predicted octanol–water partition coefficient (Wildman–Crippen LogP) is 15.7. The van der Waals surface area contributed by atoms with Gasteiger partial charge in [-0.05, 0) is 57.8 Å². The van der Waals surface area contributed by atoms with Gasteiger partial charge in [0.2, 0.25) is 0 Å². The lowest BCUT2D eigenvalue weighted by atomic mass is 10.0. The Morgan fingerprint density at radius 3 is 1.12 bits per heavy atom. The number of rotatable bonds is 43. The maximum Gasteiger partial charge on any atom is 0.306 e. The zero-order valence-electron chi connectivity index (χ0n) is 38.0. The lowest BCUT2D eigenvalue weighted by Crippen LogP contribution is -2.30. The predicted molar refractivity (Wildman–Crippen MR) is 247 cm³/mol. The summed E-state index contributed by atoms with van der Waals surface area (Å²) in [6.45, 7) is 6.41. The Morgan fingerprint density at radius 2 is 0.690 bits per heavy atom. The van der Waals surface area contributed by atoms with Crippen molar-refractivity contribution in [2.45, 2.75) is 239 Å². The van der Waals surface area contributed by atoms with E-state index in [0.717, 1.165) is 96.3 Å². The van der Waals surface area contributed by atoms with Crippen LogP contribution < -0.4 is 0 Å². The first-order valence-electron chi connectivity index (χ1n) is 24.3. The Bertz CT molecular complexity index is 1070. The van der Waals surface area contributed by atoms with Gasteiger partial charge in [-0.25, -0.2) is 0 Å². The smallest absolute Gasteiger partial charge is 0.306 e. The van der Waals surface area contributed by atoms with Gasteiger partial charge in [-0.2, -0.15) is 0 Å². The molecule has 0 aliphatic carbocycles. The van der Waals surface area contributed by atoms with Crippen molar-refractivity contribution in [2.24, 2.45) is 0 Å². The molecule has 0 saturated heterocycles. The van der Waals surface area contributed by atoms with Crippen LogP contribution in [-0.4, -0.2) is 37.2 Å². The molecule has 1 unspecified atom stereocenters. The van der Waals surface area contributed by atoms with E-state index >= 15 is 0 Å². The second-order valence-corrected chi connectivity index (χ2v) is 16.1. The molecule has 0 fully saturated rings. The Balaban J connectivity index is 4.39. The number of carbonyl (C=O) groups excluding carboxylic acids is 3. The highest BCUT2D eigenvalue weighted by Crippen LogP contribution is 2.15. The molecule has 0 rings (SSSR count). The van der Waals surface area contributed by atoms with Crippen LogP contribution in [0.4, 0.5) is 0 Å². The molecule has 6 nitrogen and oxygen atoms in total. The highest BCUT2D eigenvalue weighted by atomic mass is 16.6. The van der Waals surface area contributed by atoms with Gasteiger partial charge >= 0.3 is 17.9 Å². The molecule has 0 aromatic heterocycles. The first-order valence-corrected chi connectivity index (χ1v) is 24.3. The number of esters is 3. The third kappa shape index (κ3) is 44.2. The highest BCUT2D eigenvalue weighted by molar-refractivity contribution is 5.71. The molecule has 334 valence electrons. The SMILES string of the molecule is CC\C=C/C=C\C=C/CCCCCCCC(=O)OC(COC(=O)CCCCC/C=C\C=C/CCCC)COC(=O)CCCCCCCCCCCCCCCCCC. The standard InChI is InChI=1S/C52H90O6/c1-4-7-10-13-16-19-22-24-25-26-28-30-33-36-39-42-45-51(54)57-48-49(47-56-50(53)44-41-38-35-32-29-21-18-15-12-9-6-3)58-52(55)46-43-40-37-34-31-27-23-20-17-14-11-8-5-2/h8,11,14-15,17-18,20-21,23,29,49H,4-7,9-10,12-13,16,19,22,24-28,30-48H2,1-3H3/b11-8-,17-14-,18-15-,23-20-,29-21-. The van der Waals surface area contributed by atoms with Gasteiger partial charge in [0.1, 0.15) is 13.2 Å². The minimum absolute atomic E-state index is 0.0897. The topological polar surface area (TPSA) is 78.9 Å². The zero-order valence-corrected chi connectivity index (χ0v) is 38.0.